The van der Waals surface area contributed by atoms with Crippen molar-refractivity contribution in [3.05, 3.63) is 0 Å². The van der Waals surface area contributed by atoms with Gasteiger partial charge >= 0.3 is 0 Å². The molecule has 0 fully saturated rings. The van der Waals surface area contributed by atoms with Gasteiger partial charge in [-0.15, -0.1) is 0 Å². The highest BCUT2D eigenvalue weighted by Crippen LogP contribution is 2.10. The van der Waals surface area contributed by atoms with Crippen LogP contribution in [0.15, 0.2) is 0 Å². The molecule has 0 saturated carbocycles. The topological polar surface area (TPSA) is 46.3 Å². The molecule has 0 aromatic carbocycles. The molecule has 90 valence electrons. The van der Waals surface area contributed by atoms with Crippen LogP contribution < -0.4 is 5.73 Å². The standard InChI is InChI=1S/C12H26N2O/c1-5-7-11(8-13)12(15)14(4)9-10(3)6-2/h10-11H,5-9,13H2,1-4H3. The van der Waals surface area contributed by atoms with Gasteiger partial charge < -0.3 is 10.6 Å². The van der Waals surface area contributed by atoms with Crippen LogP contribution in [0.4, 0.5) is 0 Å². The molecule has 0 aromatic heterocycles. The van der Waals surface area contributed by atoms with E-state index in [9.17, 15) is 4.79 Å². The Balaban J connectivity index is 4.15. The minimum Gasteiger partial charge on any atom is -0.345 e. The zero-order valence-electron chi connectivity index (χ0n) is 10.6. The van der Waals surface area contributed by atoms with Crippen molar-refractivity contribution in [1.29, 1.82) is 0 Å². The maximum absolute atomic E-state index is 12.0. The maximum atomic E-state index is 12.0. The fourth-order valence-corrected chi connectivity index (χ4v) is 1.69. The van der Waals surface area contributed by atoms with E-state index in [0.717, 1.165) is 25.8 Å². The van der Waals surface area contributed by atoms with Gasteiger partial charge in [0.15, 0.2) is 0 Å². The van der Waals surface area contributed by atoms with Gasteiger partial charge in [-0.3, -0.25) is 4.79 Å². The lowest BCUT2D eigenvalue weighted by Gasteiger charge is -2.25. The van der Waals surface area contributed by atoms with Crippen molar-refractivity contribution in [2.75, 3.05) is 20.1 Å². The Kier molecular flexibility index (Phi) is 7.39. The SMILES string of the molecule is CCCC(CN)C(=O)N(C)CC(C)CC. The molecule has 15 heavy (non-hydrogen) atoms. The van der Waals surface area contributed by atoms with Crippen LogP contribution in [0.5, 0.6) is 0 Å². The average molecular weight is 214 g/mol. The average Bonchev–Trinajstić information content (AvgIpc) is 2.24. The van der Waals surface area contributed by atoms with Gasteiger partial charge in [0.1, 0.15) is 0 Å². The smallest absolute Gasteiger partial charge is 0.226 e. The van der Waals surface area contributed by atoms with Crippen LogP contribution >= 0.6 is 0 Å². The van der Waals surface area contributed by atoms with Crippen LogP contribution in [-0.4, -0.2) is 30.9 Å². The van der Waals surface area contributed by atoms with Crippen LogP contribution in [0.2, 0.25) is 0 Å². The van der Waals surface area contributed by atoms with Crippen molar-refractivity contribution in [3.63, 3.8) is 0 Å². The van der Waals surface area contributed by atoms with Gasteiger partial charge in [0, 0.05) is 20.1 Å². The van der Waals surface area contributed by atoms with E-state index in [1.807, 2.05) is 11.9 Å². The first-order valence-electron chi connectivity index (χ1n) is 6.01. The molecule has 0 aromatic rings. The van der Waals surface area contributed by atoms with Gasteiger partial charge in [0.25, 0.3) is 0 Å². The molecule has 1 amide bonds. The number of nitrogens with zero attached hydrogens (tertiary/aromatic N) is 1. The van der Waals surface area contributed by atoms with Crippen LogP contribution in [-0.2, 0) is 4.79 Å². The highest BCUT2D eigenvalue weighted by Gasteiger charge is 2.20. The first kappa shape index (κ1) is 14.4. The molecule has 0 saturated heterocycles. The number of nitrogens with two attached hydrogens (primary N) is 1. The van der Waals surface area contributed by atoms with E-state index in [0.29, 0.717) is 12.5 Å². The third-order valence-corrected chi connectivity index (χ3v) is 2.93. The molecule has 3 nitrogen and oxygen atoms in total. The van der Waals surface area contributed by atoms with Crippen LogP contribution in [0.3, 0.4) is 0 Å². The van der Waals surface area contributed by atoms with Crippen molar-refractivity contribution in [2.45, 2.75) is 40.0 Å². The Morgan fingerprint density at radius 2 is 2.00 bits per heavy atom. The van der Waals surface area contributed by atoms with Crippen molar-refractivity contribution in [3.8, 4) is 0 Å². The van der Waals surface area contributed by atoms with Crippen LogP contribution in [0.25, 0.3) is 0 Å². The van der Waals surface area contributed by atoms with Crippen molar-refractivity contribution < 1.29 is 4.79 Å². The number of amides is 1. The molecule has 2 atom stereocenters. The lowest BCUT2D eigenvalue weighted by Crippen LogP contribution is -2.38. The molecule has 2 unspecified atom stereocenters. The van der Waals surface area contributed by atoms with E-state index >= 15 is 0 Å². The third-order valence-electron chi connectivity index (χ3n) is 2.93. The molecule has 2 N–H and O–H groups in total. The zero-order valence-corrected chi connectivity index (χ0v) is 10.6. The second-order valence-corrected chi connectivity index (χ2v) is 4.45. The predicted molar refractivity (Wildman–Crippen MR) is 64.5 cm³/mol. The van der Waals surface area contributed by atoms with E-state index in [1.165, 1.54) is 0 Å². The largest absolute Gasteiger partial charge is 0.345 e. The molecule has 0 aliphatic rings. The first-order chi connectivity index (χ1) is 7.06. The highest BCUT2D eigenvalue weighted by atomic mass is 16.2. The minimum atomic E-state index is 0.0176. The lowest BCUT2D eigenvalue weighted by atomic mass is 10.0. The number of carbonyl (C=O) groups is 1. The van der Waals surface area contributed by atoms with Gasteiger partial charge in [-0.2, -0.15) is 0 Å². The van der Waals surface area contributed by atoms with E-state index in [-0.39, 0.29) is 11.8 Å². The Morgan fingerprint density at radius 3 is 2.40 bits per heavy atom. The van der Waals surface area contributed by atoms with Crippen LogP contribution in [0.1, 0.15) is 40.0 Å². The summed E-state index contributed by atoms with van der Waals surface area (Å²) in [6.07, 6.45) is 3.03. The maximum Gasteiger partial charge on any atom is 0.226 e. The second kappa shape index (κ2) is 7.69. The van der Waals surface area contributed by atoms with E-state index < -0.39 is 0 Å². The number of hydrogen-bond donors (Lipinski definition) is 1. The van der Waals surface area contributed by atoms with E-state index in [4.69, 9.17) is 5.73 Å². The Labute approximate surface area is 94.0 Å². The molecular formula is C12H26N2O. The molecule has 0 bridgehead atoms. The van der Waals surface area contributed by atoms with Crippen molar-refractivity contribution >= 4 is 5.91 Å². The molecular weight excluding hydrogens is 188 g/mol. The third kappa shape index (κ3) is 5.17. The molecule has 0 radical (unpaired) electrons. The molecule has 0 rings (SSSR count). The summed E-state index contributed by atoms with van der Waals surface area (Å²) >= 11 is 0. The summed E-state index contributed by atoms with van der Waals surface area (Å²) in [5.41, 5.74) is 5.61. The van der Waals surface area contributed by atoms with Crippen molar-refractivity contribution in [1.82, 2.24) is 4.90 Å². The van der Waals surface area contributed by atoms with Crippen molar-refractivity contribution in [2.24, 2.45) is 17.6 Å². The highest BCUT2D eigenvalue weighted by molar-refractivity contribution is 5.78. The summed E-state index contributed by atoms with van der Waals surface area (Å²) in [6.45, 7) is 7.72. The molecule has 0 spiro atoms. The van der Waals surface area contributed by atoms with Gasteiger partial charge in [-0.25, -0.2) is 0 Å². The van der Waals surface area contributed by atoms with Gasteiger partial charge in [0.05, 0.1) is 5.92 Å². The van der Waals surface area contributed by atoms with Gasteiger partial charge in [-0.1, -0.05) is 33.6 Å². The van der Waals surface area contributed by atoms with Gasteiger partial charge in [-0.05, 0) is 12.3 Å². The fourth-order valence-electron chi connectivity index (χ4n) is 1.69. The minimum absolute atomic E-state index is 0.0176. The number of hydrogen-bond acceptors (Lipinski definition) is 2. The predicted octanol–water partition coefficient (Wildman–Crippen LogP) is 1.87. The van der Waals surface area contributed by atoms with E-state index in [2.05, 4.69) is 20.8 Å². The quantitative estimate of drug-likeness (QED) is 0.703. The van der Waals surface area contributed by atoms with Gasteiger partial charge in [0.2, 0.25) is 5.91 Å². The molecule has 0 aliphatic carbocycles. The zero-order chi connectivity index (χ0) is 11.8. The van der Waals surface area contributed by atoms with Crippen LogP contribution in [0, 0.1) is 11.8 Å². The monoisotopic (exact) mass is 214 g/mol. The first-order valence-corrected chi connectivity index (χ1v) is 6.01. The molecule has 0 aliphatic heterocycles. The number of carbonyl (C=O) groups excluding carboxylic acids is 1. The summed E-state index contributed by atoms with van der Waals surface area (Å²) in [5.74, 6) is 0.794. The Hall–Kier alpha value is -0.570. The fraction of sp³-hybridized carbons (Fsp3) is 0.917. The molecule has 3 heteroatoms. The summed E-state index contributed by atoms with van der Waals surface area (Å²) in [6, 6.07) is 0. The summed E-state index contributed by atoms with van der Waals surface area (Å²) in [7, 11) is 1.88. The summed E-state index contributed by atoms with van der Waals surface area (Å²) in [4.78, 5) is 13.8. The summed E-state index contributed by atoms with van der Waals surface area (Å²) in [5, 5.41) is 0. The lowest BCUT2D eigenvalue weighted by molar-refractivity contribution is -0.134. The Bertz CT molecular complexity index is 182. The van der Waals surface area contributed by atoms with E-state index in [1.54, 1.807) is 0 Å². The Morgan fingerprint density at radius 1 is 1.40 bits per heavy atom. The normalized spacial score (nSPS) is 14.7. The second-order valence-electron chi connectivity index (χ2n) is 4.45. The molecule has 0 heterocycles. The number of rotatable bonds is 7. The summed E-state index contributed by atoms with van der Waals surface area (Å²) < 4.78 is 0.